The Kier molecular flexibility index (Phi) is 3.49. The number of aromatic nitrogens is 2. The second-order valence-electron chi connectivity index (χ2n) is 3.58. The van der Waals surface area contributed by atoms with Crippen LogP contribution in [0.3, 0.4) is 0 Å². The van der Waals surface area contributed by atoms with Crippen molar-refractivity contribution in [2.45, 2.75) is 11.4 Å². The summed E-state index contributed by atoms with van der Waals surface area (Å²) in [5.41, 5.74) is 0.863. The van der Waals surface area contributed by atoms with Gasteiger partial charge in [-0.3, -0.25) is 9.78 Å². The van der Waals surface area contributed by atoms with Crippen LogP contribution in [0.25, 0.3) is 0 Å². The molecule has 0 spiro atoms. The summed E-state index contributed by atoms with van der Waals surface area (Å²) >= 11 is 1.37. The van der Waals surface area contributed by atoms with Gasteiger partial charge in [0.2, 0.25) is 0 Å². The molecule has 0 aliphatic carbocycles. The third-order valence-electron chi connectivity index (χ3n) is 2.43. The van der Waals surface area contributed by atoms with Crippen molar-refractivity contribution in [2.75, 3.05) is 6.26 Å². The minimum Gasteiger partial charge on any atom is -0.302 e. The van der Waals surface area contributed by atoms with E-state index < -0.39 is 5.69 Å². The first-order valence-corrected chi connectivity index (χ1v) is 6.36. The number of H-pyrrole nitrogens is 2. The van der Waals surface area contributed by atoms with Crippen LogP contribution in [0.2, 0.25) is 0 Å². The average molecular weight is 248 g/mol. The lowest BCUT2D eigenvalue weighted by molar-refractivity contribution is 0.888. The zero-order valence-corrected chi connectivity index (χ0v) is 10.1. The second kappa shape index (κ2) is 5.05. The van der Waals surface area contributed by atoms with Crippen molar-refractivity contribution < 1.29 is 0 Å². The van der Waals surface area contributed by atoms with E-state index in [9.17, 15) is 9.59 Å². The minimum atomic E-state index is -0.462. The predicted molar refractivity (Wildman–Crippen MR) is 68.7 cm³/mol. The Labute approximate surface area is 102 Å². The molecule has 0 unspecified atom stereocenters. The molecule has 0 saturated heterocycles. The molecular weight excluding hydrogens is 236 g/mol. The Morgan fingerprint density at radius 3 is 2.47 bits per heavy atom. The van der Waals surface area contributed by atoms with Crippen LogP contribution in [-0.2, 0) is 6.42 Å². The van der Waals surface area contributed by atoms with Gasteiger partial charge in [0.25, 0.3) is 5.56 Å². The highest BCUT2D eigenvalue weighted by atomic mass is 32.2. The number of hydrogen-bond donors (Lipinski definition) is 2. The van der Waals surface area contributed by atoms with Gasteiger partial charge in [-0.15, -0.1) is 11.8 Å². The summed E-state index contributed by atoms with van der Waals surface area (Å²) in [6.45, 7) is 0. The van der Waals surface area contributed by atoms with Crippen LogP contribution in [0.15, 0.2) is 44.9 Å². The van der Waals surface area contributed by atoms with Crippen molar-refractivity contribution in [2.24, 2.45) is 0 Å². The smallest absolute Gasteiger partial charge is 0.302 e. The zero-order chi connectivity index (χ0) is 12.3. The van der Waals surface area contributed by atoms with Gasteiger partial charge in [0.15, 0.2) is 0 Å². The maximum absolute atomic E-state index is 11.7. The largest absolute Gasteiger partial charge is 0.326 e. The van der Waals surface area contributed by atoms with E-state index in [2.05, 4.69) is 9.97 Å². The molecule has 0 aliphatic heterocycles. The summed E-state index contributed by atoms with van der Waals surface area (Å²) < 4.78 is 0. The van der Waals surface area contributed by atoms with E-state index in [0.29, 0.717) is 17.0 Å². The van der Waals surface area contributed by atoms with Gasteiger partial charge in [0, 0.05) is 6.42 Å². The summed E-state index contributed by atoms with van der Waals surface area (Å²) in [5.74, 6) is 0. The zero-order valence-electron chi connectivity index (χ0n) is 9.32. The topological polar surface area (TPSA) is 65.7 Å². The molecule has 0 amide bonds. The first kappa shape index (κ1) is 11.7. The fourth-order valence-electron chi connectivity index (χ4n) is 1.63. The van der Waals surface area contributed by atoms with Crippen molar-refractivity contribution in [3.63, 3.8) is 0 Å². The quantitative estimate of drug-likeness (QED) is 0.637. The molecule has 0 radical (unpaired) electrons. The van der Waals surface area contributed by atoms with E-state index in [-0.39, 0.29) is 5.56 Å². The van der Waals surface area contributed by atoms with Gasteiger partial charge in [-0.2, -0.15) is 0 Å². The summed E-state index contributed by atoms with van der Waals surface area (Å²) in [4.78, 5) is 27.8. The molecule has 17 heavy (non-hydrogen) atoms. The van der Waals surface area contributed by atoms with Crippen LogP contribution < -0.4 is 11.2 Å². The molecule has 2 aromatic rings. The summed E-state index contributed by atoms with van der Waals surface area (Å²) in [6, 6.07) is 9.68. The molecule has 1 heterocycles. The predicted octanol–water partition coefficient (Wildman–Crippen LogP) is 1.38. The van der Waals surface area contributed by atoms with Gasteiger partial charge in [0.1, 0.15) is 0 Å². The van der Waals surface area contributed by atoms with Crippen LogP contribution in [0.5, 0.6) is 0 Å². The maximum Gasteiger partial charge on any atom is 0.326 e. The summed E-state index contributed by atoms with van der Waals surface area (Å²) in [5, 5.41) is 0.627. The van der Waals surface area contributed by atoms with Crippen LogP contribution in [0.1, 0.15) is 11.1 Å². The highest BCUT2D eigenvalue weighted by Crippen LogP contribution is 2.15. The second-order valence-corrected chi connectivity index (χ2v) is 4.40. The fraction of sp³-hybridized carbons (Fsp3) is 0.167. The van der Waals surface area contributed by atoms with E-state index in [1.54, 1.807) is 0 Å². The highest BCUT2D eigenvalue weighted by molar-refractivity contribution is 7.98. The van der Waals surface area contributed by atoms with Crippen molar-refractivity contribution in [3.05, 3.63) is 62.3 Å². The lowest BCUT2D eigenvalue weighted by atomic mass is 10.1. The first-order valence-electron chi connectivity index (χ1n) is 5.14. The van der Waals surface area contributed by atoms with Crippen LogP contribution in [0, 0.1) is 0 Å². The molecule has 1 aromatic carbocycles. The number of thioether (sulfide) groups is 1. The molecule has 2 N–H and O–H groups in total. The number of aromatic amines is 2. The Morgan fingerprint density at radius 2 is 1.82 bits per heavy atom. The van der Waals surface area contributed by atoms with Crippen LogP contribution in [0.4, 0.5) is 0 Å². The van der Waals surface area contributed by atoms with Gasteiger partial charge in [0.05, 0.1) is 10.6 Å². The van der Waals surface area contributed by atoms with Crippen LogP contribution in [-0.4, -0.2) is 16.2 Å². The molecule has 88 valence electrons. The molecule has 0 saturated carbocycles. The number of nitrogens with one attached hydrogen (secondary N) is 2. The van der Waals surface area contributed by atoms with Crippen molar-refractivity contribution in [1.82, 2.24) is 9.97 Å². The average Bonchev–Trinajstić information content (AvgIpc) is 2.33. The lowest BCUT2D eigenvalue weighted by Gasteiger charge is -2.05. The van der Waals surface area contributed by atoms with Crippen molar-refractivity contribution in [3.8, 4) is 0 Å². The van der Waals surface area contributed by atoms with Gasteiger partial charge < -0.3 is 4.98 Å². The lowest BCUT2D eigenvalue weighted by Crippen LogP contribution is -2.26. The van der Waals surface area contributed by atoms with E-state index in [4.69, 9.17) is 0 Å². The summed E-state index contributed by atoms with van der Waals surface area (Å²) in [7, 11) is 0. The maximum atomic E-state index is 11.7. The Bertz CT molecular complexity index is 616. The Hall–Kier alpha value is -1.75. The highest BCUT2D eigenvalue weighted by Gasteiger charge is 2.09. The molecule has 4 nitrogen and oxygen atoms in total. The third-order valence-corrected chi connectivity index (χ3v) is 3.19. The molecule has 1 aromatic heterocycles. The third kappa shape index (κ3) is 2.68. The van der Waals surface area contributed by atoms with Gasteiger partial charge in [-0.1, -0.05) is 30.3 Å². The number of hydrogen-bond acceptors (Lipinski definition) is 3. The SMILES string of the molecule is CSc1[nH]c(=O)[nH]c(=O)c1Cc1ccccc1. The van der Waals surface area contributed by atoms with Crippen molar-refractivity contribution >= 4 is 11.8 Å². The van der Waals surface area contributed by atoms with Crippen molar-refractivity contribution in [1.29, 1.82) is 0 Å². The normalized spacial score (nSPS) is 10.4. The number of rotatable bonds is 3. The summed E-state index contributed by atoms with van der Waals surface area (Å²) in [6.07, 6.45) is 2.35. The molecule has 0 bridgehead atoms. The van der Waals surface area contributed by atoms with Gasteiger partial charge in [-0.05, 0) is 11.8 Å². The molecule has 0 atom stereocenters. The van der Waals surface area contributed by atoms with Gasteiger partial charge in [-0.25, -0.2) is 4.79 Å². The molecule has 2 rings (SSSR count). The van der Waals surface area contributed by atoms with E-state index in [1.807, 2.05) is 36.6 Å². The van der Waals surface area contributed by atoms with Crippen LogP contribution >= 0.6 is 11.8 Å². The van der Waals surface area contributed by atoms with E-state index in [1.165, 1.54) is 11.8 Å². The first-order chi connectivity index (χ1) is 8.20. The van der Waals surface area contributed by atoms with E-state index >= 15 is 0 Å². The minimum absolute atomic E-state index is 0.318. The number of benzene rings is 1. The monoisotopic (exact) mass is 248 g/mol. The molecule has 0 fully saturated rings. The molecular formula is C12H12N2O2S. The molecule has 5 heteroatoms. The molecule has 0 aliphatic rings. The Balaban J connectivity index is 2.46. The van der Waals surface area contributed by atoms with E-state index in [0.717, 1.165) is 5.56 Å². The Morgan fingerprint density at radius 1 is 1.12 bits per heavy atom. The van der Waals surface area contributed by atoms with Gasteiger partial charge >= 0.3 is 5.69 Å². The standard InChI is InChI=1S/C12H12N2O2S/c1-17-11-9(10(15)13-12(16)14-11)7-8-5-3-2-4-6-8/h2-6H,7H2,1H3,(H2,13,14,15,16). The fourth-order valence-corrected chi connectivity index (χ4v) is 2.23.